The van der Waals surface area contributed by atoms with Crippen molar-refractivity contribution >= 4 is 28.3 Å². The predicted octanol–water partition coefficient (Wildman–Crippen LogP) is 5.30. The zero-order chi connectivity index (χ0) is 13.2. The van der Waals surface area contributed by atoms with Crippen LogP contribution in [-0.2, 0) is 0 Å². The topological polar surface area (TPSA) is 12.9 Å². The molecule has 0 N–H and O–H groups in total. The zero-order valence-corrected chi connectivity index (χ0v) is 11.9. The highest BCUT2D eigenvalue weighted by Crippen LogP contribution is 2.27. The molecular formula is C17H15NS. The molecule has 2 aromatic heterocycles. The first-order chi connectivity index (χ1) is 9.26. The monoisotopic (exact) mass is 265 g/mol. The van der Waals surface area contributed by atoms with Gasteiger partial charge in [-0.05, 0) is 44.2 Å². The lowest BCUT2D eigenvalue weighted by Gasteiger charge is -2.02. The molecule has 0 radical (unpaired) electrons. The van der Waals surface area contributed by atoms with Crippen LogP contribution in [0.1, 0.15) is 17.4 Å². The number of benzene rings is 1. The first kappa shape index (κ1) is 12.1. The molecule has 3 aromatic rings. The third-order valence-corrected chi connectivity index (χ3v) is 3.99. The molecule has 1 nitrogen and oxygen atoms in total. The van der Waals surface area contributed by atoms with Crippen LogP contribution in [-0.4, -0.2) is 4.98 Å². The average Bonchev–Trinajstić information content (AvgIpc) is 2.87. The van der Waals surface area contributed by atoms with Crippen molar-refractivity contribution in [3.63, 3.8) is 0 Å². The van der Waals surface area contributed by atoms with E-state index in [9.17, 15) is 0 Å². The smallest absolute Gasteiger partial charge is 0.0718 e. The second-order valence-electron chi connectivity index (χ2n) is 4.63. The van der Waals surface area contributed by atoms with E-state index in [4.69, 9.17) is 4.98 Å². The van der Waals surface area contributed by atoms with Crippen molar-refractivity contribution in [2.75, 3.05) is 0 Å². The summed E-state index contributed by atoms with van der Waals surface area (Å²) in [5, 5.41) is 3.37. The van der Waals surface area contributed by atoms with Crippen LogP contribution in [0.2, 0.25) is 0 Å². The lowest BCUT2D eigenvalue weighted by molar-refractivity contribution is 1.39. The maximum absolute atomic E-state index is 4.74. The van der Waals surface area contributed by atoms with E-state index in [0.717, 1.165) is 11.2 Å². The fourth-order valence-corrected chi connectivity index (χ4v) is 3.01. The summed E-state index contributed by atoms with van der Waals surface area (Å²) in [6.45, 7) is 4.14. The number of hydrogen-bond acceptors (Lipinski definition) is 2. The third-order valence-electron chi connectivity index (χ3n) is 3.09. The van der Waals surface area contributed by atoms with Crippen molar-refractivity contribution < 1.29 is 0 Å². The van der Waals surface area contributed by atoms with E-state index < -0.39 is 0 Å². The lowest BCUT2D eigenvalue weighted by Crippen LogP contribution is -1.84. The largest absolute Gasteiger partial charge is 0.248 e. The Morgan fingerprint density at radius 1 is 1.11 bits per heavy atom. The highest BCUT2D eigenvalue weighted by atomic mass is 32.1. The molecule has 0 aliphatic rings. The minimum absolute atomic E-state index is 1.04. The minimum Gasteiger partial charge on any atom is -0.248 e. The Kier molecular flexibility index (Phi) is 3.18. The van der Waals surface area contributed by atoms with Gasteiger partial charge in [0.25, 0.3) is 0 Å². The molecule has 0 atom stereocenters. The third kappa shape index (κ3) is 2.45. The van der Waals surface area contributed by atoms with Gasteiger partial charge in [-0.1, -0.05) is 23.8 Å². The van der Waals surface area contributed by atoms with Gasteiger partial charge in [-0.3, -0.25) is 0 Å². The second-order valence-corrected chi connectivity index (χ2v) is 5.57. The van der Waals surface area contributed by atoms with Crippen LogP contribution in [0.4, 0.5) is 0 Å². The summed E-state index contributed by atoms with van der Waals surface area (Å²) >= 11 is 1.75. The molecule has 0 fully saturated rings. The van der Waals surface area contributed by atoms with Gasteiger partial charge < -0.3 is 0 Å². The number of rotatable bonds is 2. The summed E-state index contributed by atoms with van der Waals surface area (Å²) in [5.41, 5.74) is 4.57. The Hall–Kier alpha value is -1.93. The van der Waals surface area contributed by atoms with E-state index in [1.165, 1.54) is 21.4 Å². The summed E-state index contributed by atoms with van der Waals surface area (Å²) in [7, 11) is 0. The molecule has 0 aliphatic carbocycles. The summed E-state index contributed by atoms with van der Waals surface area (Å²) < 4.78 is 0. The minimum atomic E-state index is 1.04. The maximum atomic E-state index is 4.74. The van der Waals surface area contributed by atoms with Crippen LogP contribution in [0.3, 0.4) is 0 Å². The fraction of sp³-hybridized carbons (Fsp3) is 0.118. The number of allylic oxidation sites excluding steroid dienone is 1. The Morgan fingerprint density at radius 2 is 2.00 bits per heavy atom. The number of hydrogen-bond donors (Lipinski definition) is 0. The fourth-order valence-electron chi connectivity index (χ4n) is 2.14. The SMILES string of the molecule is C/C=C/c1cc(-c2ccc3cc(C)ccc3n2)cs1. The van der Waals surface area contributed by atoms with Gasteiger partial charge >= 0.3 is 0 Å². The molecule has 3 rings (SSSR count). The first-order valence-electron chi connectivity index (χ1n) is 6.35. The molecule has 0 saturated carbocycles. The number of thiophene rings is 1. The van der Waals surface area contributed by atoms with E-state index in [1.54, 1.807) is 11.3 Å². The van der Waals surface area contributed by atoms with Gasteiger partial charge in [-0.2, -0.15) is 0 Å². The second kappa shape index (κ2) is 4.98. The van der Waals surface area contributed by atoms with Crippen molar-refractivity contribution in [1.82, 2.24) is 4.98 Å². The molecule has 2 heterocycles. The molecule has 2 heteroatoms. The van der Waals surface area contributed by atoms with Gasteiger partial charge in [-0.15, -0.1) is 11.3 Å². The Morgan fingerprint density at radius 3 is 2.84 bits per heavy atom. The molecular weight excluding hydrogens is 250 g/mol. The summed E-state index contributed by atoms with van der Waals surface area (Å²) in [6.07, 6.45) is 4.19. The highest BCUT2D eigenvalue weighted by molar-refractivity contribution is 7.11. The van der Waals surface area contributed by atoms with Crippen molar-refractivity contribution in [2.24, 2.45) is 0 Å². The van der Waals surface area contributed by atoms with Crippen molar-refractivity contribution in [3.8, 4) is 11.3 Å². The molecule has 1 aromatic carbocycles. The quantitative estimate of drug-likeness (QED) is 0.612. The van der Waals surface area contributed by atoms with E-state index in [0.29, 0.717) is 0 Å². The van der Waals surface area contributed by atoms with E-state index in [2.05, 4.69) is 60.9 Å². The van der Waals surface area contributed by atoms with Crippen molar-refractivity contribution in [3.05, 3.63) is 58.3 Å². The molecule has 0 aliphatic heterocycles. The standard InChI is InChI=1S/C17H15NS/c1-3-4-15-10-14(11-19-15)17-8-6-13-9-12(2)5-7-16(13)18-17/h3-11H,1-2H3/b4-3+. The Bertz CT molecular complexity index is 753. The lowest BCUT2D eigenvalue weighted by atomic mass is 10.1. The molecule has 0 bridgehead atoms. The van der Waals surface area contributed by atoms with Crippen LogP contribution in [0.25, 0.3) is 28.2 Å². The predicted molar refractivity (Wildman–Crippen MR) is 84.5 cm³/mol. The number of aromatic nitrogens is 1. The molecule has 94 valence electrons. The molecule has 0 amide bonds. The van der Waals surface area contributed by atoms with E-state index >= 15 is 0 Å². The van der Waals surface area contributed by atoms with Crippen molar-refractivity contribution in [1.29, 1.82) is 0 Å². The van der Waals surface area contributed by atoms with Crippen molar-refractivity contribution in [2.45, 2.75) is 13.8 Å². The van der Waals surface area contributed by atoms with Gasteiger partial charge in [0.15, 0.2) is 0 Å². The van der Waals surface area contributed by atoms with Gasteiger partial charge in [0, 0.05) is 21.2 Å². The Labute approximate surface area is 117 Å². The van der Waals surface area contributed by atoms with Gasteiger partial charge in [-0.25, -0.2) is 4.98 Å². The van der Waals surface area contributed by atoms with Crippen LogP contribution in [0.15, 0.2) is 47.9 Å². The van der Waals surface area contributed by atoms with Crippen LogP contribution in [0.5, 0.6) is 0 Å². The average molecular weight is 265 g/mol. The molecule has 0 unspecified atom stereocenters. The zero-order valence-electron chi connectivity index (χ0n) is 11.1. The van der Waals surface area contributed by atoms with Crippen LogP contribution in [0, 0.1) is 6.92 Å². The number of fused-ring (bicyclic) bond motifs is 1. The highest BCUT2D eigenvalue weighted by Gasteiger charge is 2.04. The van der Waals surface area contributed by atoms with Gasteiger partial charge in [0.05, 0.1) is 11.2 Å². The first-order valence-corrected chi connectivity index (χ1v) is 7.23. The summed E-state index contributed by atoms with van der Waals surface area (Å²) in [6, 6.07) is 12.8. The maximum Gasteiger partial charge on any atom is 0.0718 e. The molecule has 0 spiro atoms. The Balaban J connectivity index is 2.06. The number of aryl methyl sites for hydroxylation is 1. The molecule has 0 saturated heterocycles. The summed E-state index contributed by atoms with van der Waals surface area (Å²) in [5.74, 6) is 0. The normalized spacial score (nSPS) is 11.5. The van der Waals surface area contributed by atoms with Crippen LogP contribution >= 0.6 is 11.3 Å². The number of pyridine rings is 1. The number of nitrogens with zero attached hydrogens (tertiary/aromatic N) is 1. The van der Waals surface area contributed by atoms with E-state index in [1.807, 2.05) is 6.92 Å². The van der Waals surface area contributed by atoms with Gasteiger partial charge in [0.1, 0.15) is 0 Å². The van der Waals surface area contributed by atoms with Gasteiger partial charge in [0.2, 0.25) is 0 Å². The molecule has 19 heavy (non-hydrogen) atoms. The summed E-state index contributed by atoms with van der Waals surface area (Å²) in [4.78, 5) is 6.01. The van der Waals surface area contributed by atoms with E-state index in [-0.39, 0.29) is 0 Å². The van der Waals surface area contributed by atoms with Crippen LogP contribution < -0.4 is 0 Å².